The van der Waals surface area contributed by atoms with Gasteiger partial charge in [0.2, 0.25) is 0 Å². The Balaban J connectivity index is 1.44. The summed E-state index contributed by atoms with van der Waals surface area (Å²) >= 11 is 0. The van der Waals surface area contributed by atoms with Gasteiger partial charge in [0.25, 0.3) is 0 Å². The average Bonchev–Trinajstić information content (AvgIpc) is 2.69. The standard InChI is InChI=1S/C22H24N2O3/c25-20(26)10-5-11-23-22(27)24-13-14-12-19-15-6-1-3-8-17(15)21(14)18-9-4-2-7-16(18)19/h1-4,6-9,14,19,21H,5,10-13H2,(H,25,26)(H2,23,24,27). The van der Waals surface area contributed by atoms with Crippen LogP contribution in [0.25, 0.3) is 0 Å². The van der Waals surface area contributed by atoms with Crippen molar-refractivity contribution in [3.05, 3.63) is 70.8 Å². The number of carbonyl (C=O) groups is 2. The average molecular weight is 364 g/mol. The van der Waals surface area contributed by atoms with Crippen LogP contribution in [0.5, 0.6) is 0 Å². The fraction of sp³-hybridized carbons (Fsp3) is 0.364. The van der Waals surface area contributed by atoms with Crippen molar-refractivity contribution in [3.63, 3.8) is 0 Å². The van der Waals surface area contributed by atoms with Crippen molar-refractivity contribution in [2.24, 2.45) is 5.92 Å². The normalized spacial score (nSPS) is 21.9. The summed E-state index contributed by atoms with van der Waals surface area (Å²) in [6, 6.07) is 17.1. The summed E-state index contributed by atoms with van der Waals surface area (Å²) in [5.41, 5.74) is 5.63. The van der Waals surface area contributed by atoms with Crippen LogP contribution in [-0.2, 0) is 4.79 Å². The Kier molecular flexibility index (Phi) is 4.84. The molecule has 1 unspecified atom stereocenters. The van der Waals surface area contributed by atoms with E-state index in [2.05, 4.69) is 59.2 Å². The number of hydrogen-bond acceptors (Lipinski definition) is 2. The second kappa shape index (κ2) is 7.43. The molecule has 0 aromatic heterocycles. The molecule has 2 bridgehead atoms. The number of carbonyl (C=O) groups excluding carboxylic acids is 1. The molecule has 0 spiro atoms. The van der Waals surface area contributed by atoms with E-state index in [0.717, 1.165) is 6.42 Å². The van der Waals surface area contributed by atoms with E-state index >= 15 is 0 Å². The number of aliphatic carboxylic acids is 1. The molecule has 1 atom stereocenters. The Morgan fingerprint density at radius 3 is 2.11 bits per heavy atom. The van der Waals surface area contributed by atoms with Gasteiger partial charge in [0.1, 0.15) is 0 Å². The van der Waals surface area contributed by atoms with Crippen molar-refractivity contribution < 1.29 is 14.7 Å². The Labute approximate surface area is 158 Å². The molecular weight excluding hydrogens is 340 g/mol. The molecule has 5 rings (SSSR count). The molecule has 2 aromatic carbocycles. The van der Waals surface area contributed by atoms with Crippen LogP contribution < -0.4 is 10.6 Å². The van der Waals surface area contributed by atoms with Crippen LogP contribution in [0.3, 0.4) is 0 Å². The minimum absolute atomic E-state index is 0.0697. The van der Waals surface area contributed by atoms with Gasteiger partial charge in [0, 0.05) is 31.3 Å². The SMILES string of the molecule is O=C(O)CCCNC(=O)NCC1CC2c3ccccc3C1c1ccccc12. The minimum atomic E-state index is -0.840. The Morgan fingerprint density at radius 1 is 0.926 bits per heavy atom. The van der Waals surface area contributed by atoms with E-state index in [0.29, 0.717) is 37.3 Å². The van der Waals surface area contributed by atoms with Crippen LogP contribution in [0.2, 0.25) is 0 Å². The van der Waals surface area contributed by atoms with Gasteiger partial charge in [-0.1, -0.05) is 48.5 Å². The molecule has 3 N–H and O–H groups in total. The molecular formula is C22H24N2O3. The molecule has 5 nitrogen and oxygen atoms in total. The Morgan fingerprint density at radius 2 is 1.52 bits per heavy atom. The summed E-state index contributed by atoms with van der Waals surface area (Å²) in [5.74, 6) is 0.236. The second-order valence-corrected chi connectivity index (χ2v) is 7.42. The second-order valence-electron chi connectivity index (χ2n) is 7.42. The van der Waals surface area contributed by atoms with Crippen molar-refractivity contribution in [2.45, 2.75) is 31.1 Å². The maximum absolute atomic E-state index is 12.1. The van der Waals surface area contributed by atoms with Gasteiger partial charge in [-0.3, -0.25) is 4.79 Å². The van der Waals surface area contributed by atoms with E-state index in [1.165, 1.54) is 22.3 Å². The zero-order valence-electron chi connectivity index (χ0n) is 15.2. The van der Waals surface area contributed by atoms with Gasteiger partial charge in [0.05, 0.1) is 0 Å². The highest BCUT2D eigenvalue weighted by molar-refractivity contribution is 5.74. The molecule has 0 radical (unpaired) electrons. The summed E-state index contributed by atoms with van der Waals surface area (Å²) in [6.45, 7) is 0.995. The highest BCUT2D eigenvalue weighted by Crippen LogP contribution is 2.54. The largest absolute Gasteiger partial charge is 0.481 e. The summed E-state index contributed by atoms with van der Waals surface area (Å²) < 4.78 is 0. The zero-order chi connectivity index (χ0) is 18.8. The third-order valence-corrected chi connectivity index (χ3v) is 5.80. The summed E-state index contributed by atoms with van der Waals surface area (Å²) in [4.78, 5) is 22.6. The van der Waals surface area contributed by atoms with Crippen LogP contribution in [0, 0.1) is 5.92 Å². The van der Waals surface area contributed by atoms with E-state index in [1.54, 1.807) is 0 Å². The molecule has 27 heavy (non-hydrogen) atoms. The van der Waals surface area contributed by atoms with Crippen LogP contribution in [0.4, 0.5) is 4.79 Å². The topological polar surface area (TPSA) is 78.4 Å². The Bertz CT molecular complexity index is 817. The minimum Gasteiger partial charge on any atom is -0.481 e. The summed E-state index contributed by atoms with van der Waals surface area (Å²) in [6.07, 6.45) is 1.55. The number of carboxylic acids is 1. The molecule has 3 aliphatic carbocycles. The lowest BCUT2D eigenvalue weighted by molar-refractivity contribution is -0.137. The van der Waals surface area contributed by atoms with Crippen molar-refractivity contribution in [1.82, 2.24) is 10.6 Å². The van der Waals surface area contributed by atoms with E-state index in [9.17, 15) is 9.59 Å². The van der Waals surface area contributed by atoms with Crippen molar-refractivity contribution in [1.29, 1.82) is 0 Å². The van der Waals surface area contributed by atoms with E-state index in [1.807, 2.05) is 0 Å². The predicted octanol–water partition coefficient (Wildman–Crippen LogP) is 3.45. The first-order chi connectivity index (χ1) is 13.1. The van der Waals surface area contributed by atoms with Crippen molar-refractivity contribution >= 4 is 12.0 Å². The zero-order valence-corrected chi connectivity index (χ0v) is 15.2. The maximum atomic E-state index is 12.1. The first kappa shape index (κ1) is 17.6. The molecule has 0 aliphatic heterocycles. The highest BCUT2D eigenvalue weighted by atomic mass is 16.4. The number of benzene rings is 2. The number of hydrogen-bond donors (Lipinski definition) is 3. The molecule has 3 aliphatic rings. The third-order valence-electron chi connectivity index (χ3n) is 5.80. The third kappa shape index (κ3) is 3.42. The molecule has 2 aromatic rings. The smallest absolute Gasteiger partial charge is 0.314 e. The van der Waals surface area contributed by atoms with Crippen molar-refractivity contribution in [2.75, 3.05) is 13.1 Å². The number of urea groups is 1. The molecule has 0 saturated carbocycles. The predicted molar refractivity (Wildman–Crippen MR) is 103 cm³/mol. The highest BCUT2D eigenvalue weighted by Gasteiger charge is 2.42. The molecule has 140 valence electrons. The van der Waals surface area contributed by atoms with Crippen LogP contribution in [-0.4, -0.2) is 30.2 Å². The molecule has 5 heteroatoms. The lowest BCUT2D eigenvalue weighted by Crippen LogP contribution is -2.43. The summed E-state index contributed by atoms with van der Waals surface area (Å²) in [5, 5.41) is 14.4. The molecule has 0 saturated heterocycles. The number of amides is 2. The monoisotopic (exact) mass is 364 g/mol. The first-order valence-corrected chi connectivity index (χ1v) is 9.56. The van der Waals surface area contributed by atoms with Gasteiger partial charge in [-0.2, -0.15) is 0 Å². The van der Waals surface area contributed by atoms with Crippen LogP contribution in [0.1, 0.15) is 53.4 Å². The van der Waals surface area contributed by atoms with Gasteiger partial charge in [-0.15, -0.1) is 0 Å². The van der Waals surface area contributed by atoms with Gasteiger partial charge in [0.15, 0.2) is 0 Å². The molecule has 0 heterocycles. The first-order valence-electron chi connectivity index (χ1n) is 9.56. The number of nitrogens with one attached hydrogen (secondary N) is 2. The lowest BCUT2D eigenvalue weighted by atomic mass is 9.59. The van der Waals surface area contributed by atoms with Crippen molar-refractivity contribution in [3.8, 4) is 0 Å². The fourth-order valence-electron chi connectivity index (χ4n) is 4.69. The van der Waals surface area contributed by atoms with Crippen LogP contribution in [0.15, 0.2) is 48.5 Å². The lowest BCUT2D eigenvalue weighted by Gasteiger charge is -2.45. The number of fused-ring (bicyclic) bond motifs is 1. The summed E-state index contributed by atoms with van der Waals surface area (Å²) in [7, 11) is 0. The van der Waals surface area contributed by atoms with Gasteiger partial charge in [-0.05, 0) is 41.0 Å². The van der Waals surface area contributed by atoms with E-state index in [4.69, 9.17) is 5.11 Å². The van der Waals surface area contributed by atoms with E-state index < -0.39 is 5.97 Å². The quantitative estimate of drug-likeness (QED) is 0.687. The van der Waals surface area contributed by atoms with Crippen LogP contribution >= 0.6 is 0 Å². The fourth-order valence-corrected chi connectivity index (χ4v) is 4.69. The molecule has 0 fully saturated rings. The van der Waals surface area contributed by atoms with Gasteiger partial charge >= 0.3 is 12.0 Å². The maximum Gasteiger partial charge on any atom is 0.314 e. The molecule has 2 amide bonds. The Hall–Kier alpha value is -2.82. The van der Waals surface area contributed by atoms with Gasteiger partial charge in [-0.25, -0.2) is 4.79 Å². The number of rotatable bonds is 6. The van der Waals surface area contributed by atoms with Gasteiger partial charge < -0.3 is 15.7 Å². The van der Waals surface area contributed by atoms with E-state index in [-0.39, 0.29) is 12.5 Å². The number of carboxylic acid groups (broad SMARTS) is 1.